The minimum absolute atomic E-state index is 0.201. The Balaban J connectivity index is 1.55. The molecule has 4 aromatic rings. The van der Waals surface area contributed by atoms with Crippen LogP contribution in [-0.4, -0.2) is 11.8 Å². The van der Waals surface area contributed by atoms with E-state index in [1.165, 1.54) is 0 Å². The van der Waals surface area contributed by atoms with Gasteiger partial charge in [-0.05, 0) is 53.2 Å². The second-order valence-electron chi connectivity index (χ2n) is 6.50. The molecular weight excluding hydrogens is 428 g/mol. The van der Waals surface area contributed by atoms with Crippen molar-refractivity contribution in [2.24, 2.45) is 0 Å². The zero-order chi connectivity index (χ0) is 20.2. The van der Waals surface area contributed by atoms with Crippen molar-refractivity contribution in [2.45, 2.75) is 0 Å². The molecule has 4 aromatic carbocycles. The van der Waals surface area contributed by atoms with Crippen LogP contribution in [-0.2, 0) is 0 Å². The molecule has 2 amide bonds. The van der Waals surface area contributed by atoms with E-state index in [0.717, 1.165) is 15.2 Å². The predicted octanol–water partition coefficient (Wildman–Crippen LogP) is 6.11. The fraction of sp³-hybridized carbons (Fsp3) is 0. The van der Waals surface area contributed by atoms with Crippen LogP contribution in [0.2, 0.25) is 0 Å². The van der Waals surface area contributed by atoms with Gasteiger partial charge in [0, 0.05) is 27.0 Å². The summed E-state index contributed by atoms with van der Waals surface area (Å²) in [7, 11) is 0. The first-order chi connectivity index (χ1) is 14.1. The van der Waals surface area contributed by atoms with Gasteiger partial charge in [-0.3, -0.25) is 9.59 Å². The van der Waals surface area contributed by atoms with Crippen molar-refractivity contribution in [3.05, 3.63) is 107 Å². The van der Waals surface area contributed by atoms with E-state index in [4.69, 9.17) is 0 Å². The molecule has 0 spiro atoms. The van der Waals surface area contributed by atoms with Crippen LogP contribution in [0.25, 0.3) is 10.8 Å². The molecule has 5 heteroatoms. The van der Waals surface area contributed by atoms with Crippen LogP contribution < -0.4 is 10.6 Å². The Morgan fingerprint density at radius 3 is 2.00 bits per heavy atom. The third-order valence-corrected chi connectivity index (χ3v) is 5.22. The van der Waals surface area contributed by atoms with Crippen molar-refractivity contribution in [1.29, 1.82) is 0 Å². The monoisotopic (exact) mass is 444 g/mol. The third kappa shape index (κ3) is 4.20. The minimum Gasteiger partial charge on any atom is -0.322 e. The van der Waals surface area contributed by atoms with Gasteiger partial charge in [0.1, 0.15) is 0 Å². The molecule has 0 aliphatic carbocycles. The quantitative estimate of drug-likeness (QED) is 0.399. The second kappa shape index (κ2) is 8.29. The molecule has 29 heavy (non-hydrogen) atoms. The van der Waals surface area contributed by atoms with Crippen molar-refractivity contribution in [3.63, 3.8) is 0 Å². The standard InChI is InChI=1S/C24H17BrN2O2/c25-22-14-6-11-19-20(22)12-5-13-21(19)24(29)27-18-10-4-9-17(15-18)26-23(28)16-7-2-1-3-8-16/h1-15H,(H,26,28)(H,27,29). The lowest BCUT2D eigenvalue weighted by atomic mass is 10.0. The van der Waals surface area contributed by atoms with Gasteiger partial charge in [0.25, 0.3) is 11.8 Å². The molecule has 0 saturated carbocycles. The minimum atomic E-state index is -0.208. The number of anilines is 2. The highest BCUT2D eigenvalue weighted by molar-refractivity contribution is 9.10. The van der Waals surface area contributed by atoms with Gasteiger partial charge >= 0.3 is 0 Å². The smallest absolute Gasteiger partial charge is 0.256 e. The van der Waals surface area contributed by atoms with Crippen LogP contribution in [0.3, 0.4) is 0 Å². The van der Waals surface area contributed by atoms with Crippen molar-refractivity contribution >= 4 is 49.9 Å². The van der Waals surface area contributed by atoms with Gasteiger partial charge in [-0.2, -0.15) is 0 Å². The summed E-state index contributed by atoms with van der Waals surface area (Å²) in [5.41, 5.74) is 2.37. The maximum absolute atomic E-state index is 12.9. The normalized spacial score (nSPS) is 10.5. The number of fused-ring (bicyclic) bond motifs is 1. The van der Waals surface area contributed by atoms with Gasteiger partial charge in [-0.25, -0.2) is 0 Å². The molecule has 142 valence electrons. The molecular formula is C24H17BrN2O2. The van der Waals surface area contributed by atoms with Crippen LogP contribution in [0.4, 0.5) is 11.4 Å². The SMILES string of the molecule is O=C(Nc1cccc(NC(=O)c2cccc3c(Br)cccc23)c1)c1ccccc1. The Morgan fingerprint density at radius 1 is 0.621 bits per heavy atom. The van der Waals surface area contributed by atoms with Crippen molar-refractivity contribution in [3.8, 4) is 0 Å². The number of hydrogen-bond donors (Lipinski definition) is 2. The van der Waals surface area contributed by atoms with Crippen molar-refractivity contribution < 1.29 is 9.59 Å². The summed E-state index contributed by atoms with van der Waals surface area (Å²) < 4.78 is 0.940. The molecule has 2 N–H and O–H groups in total. The Labute approximate surface area is 176 Å². The zero-order valence-corrected chi connectivity index (χ0v) is 16.9. The molecule has 0 unspecified atom stereocenters. The maximum atomic E-state index is 12.9. The second-order valence-corrected chi connectivity index (χ2v) is 7.35. The fourth-order valence-electron chi connectivity index (χ4n) is 3.14. The van der Waals surface area contributed by atoms with E-state index >= 15 is 0 Å². The summed E-state index contributed by atoms with van der Waals surface area (Å²) >= 11 is 3.53. The number of amides is 2. The molecule has 0 heterocycles. The van der Waals surface area contributed by atoms with Gasteiger partial charge < -0.3 is 10.6 Å². The summed E-state index contributed by atoms with van der Waals surface area (Å²) in [5.74, 6) is -0.409. The molecule has 0 bridgehead atoms. The lowest BCUT2D eigenvalue weighted by Crippen LogP contribution is -2.14. The average molecular weight is 445 g/mol. The Morgan fingerprint density at radius 2 is 1.24 bits per heavy atom. The van der Waals surface area contributed by atoms with E-state index in [0.29, 0.717) is 22.5 Å². The van der Waals surface area contributed by atoms with E-state index in [1.807, 2.05) is 48.5 Å². The molecule has 0 fully saturated rings. The molecule has 0 saturated heterocycles. The summed E-state index contributed by atoms with van der Waals surface area (Å²) in [6.07, 6.45) is 0. The number of benzene rings is 4. The molecule has 4 nitrogen and oxygen atoms in total. The lowest BCUT2D eigenvalue weighted by molar-refractivity contribution is 0.102. The van der Waals surface area contributed by atoms with E-state index < -0.39 is 0 Å². The summed E-state index contributed by atoms with van der Waals surface area (Å²) in [4.78, 5) is 25.2. The van der Waals surface area contributed by atoms with Crippen LogP contribution in [0.5, 0.6) is 0 Å². The molecule has 0 aliphatic rings. The average Bonchev–Trinajstić information content (AvgIpc) is 2.74. The molecule has 4 rings (SSSR count). The Bertz CT molecular complexity index is 1210. The van der Waals surface area contributed by atoms with Crippen LogP contribution in [0, 0.1) is 0 Å². The highest BCUT2D eigenvalue weighted by Gasteiger charge is 2.12. The highest BCUT2D eigenvalue weighted by Crippen LogP contribution is 2.27. The van der Waals surface area contributed by atoms with Gasteiger partial charge in [0.2, 0.25) is 0 Å². The van der Waals surface area contributed by atoms with Gasteiger partial charge in [-0.1, -0.05) is 64.5 Å². The van der Waals surface area contributed by atoms with E-state index in [9.17, 15) is 9.59 Å². The highest BCUT2D eigenvalue weighted by atomic mass is 79.9. The number of hydrogen-bond acceptors (Lipinski definition) is 2. The number of rotatable bonds is 4. The number of halogens is 1. The number of nitrogens with one attached hydrogen (secondary N) is 2. The third-order valence-electron chi connectivity index (χ3n) is 4.53. The first-order valence-electron chi connectivity index (χ1n) is 9.07. The number of carbonyl (C=O) groups excluding carboxylic acids is 2. The van der Waals surface area contributed by atoms with Crippen LogP contribution in [0.15, 0.2) is 95.5 Å². The first kappa shape index (κ1) is 18.9. The summed E-state index contributed by atoms with van der Waals surface area (Å²) in [5, 5.41) is 7.61. The van der Waals surface area contributed by atoms with E-state index in [1.54, 1.807) is 42.5 Å². The van der Waals surface area contributed by atoms with Crippen molar-refractivity contribution in [1.82, 2.24) is 0 Å². The van der Waals surface area contributed by atoms with E-state index in [2.05, 4.69) is 26.6 Å². The van der Waals surface area contributed by atoms with Gasteiger partial charge in [0.15, 0.2) is 0 Å². The molecule has 0 aliphatic heterocycles. The maximum Gasteiger partial charge on any atom is 0.256 e. The van der Waals surface area contributed by atoms with Gasteiger partial charge in [-0.15, -0.1) is 0 Å². The lowest BCUT2D eigenvalue weighted by Gasteiger charge is -2.11. The Hall–Kier alpha value is -3.44. The van der Waals surface area contributed by atoms with E-state index in [-0.39, 0.29) is 11.8 Å². The fourth-order valence-corrected chi connectivity index (χ4v) is 3.63. The topological polar surface area (TPSA) is 58.2 Å². The largest absolute Gasteiger partial charge is 0.322 e. The predicted molar refractivity (Wildman–Crippen MR) is 120 cm³/mol. The molecule has 0 atom stereocenters. The van der Waals surface area contributed by atoms with Crippen LogP contribution >= 0.6 is 15.9 Å². The Kier molecular flexibility index (Phi) is 5.40. The summed E-state index contributed by atoms with van der Waals surface area (Å²) in [6.45, 7) is 0. The van der Waals surface area contributed by atoms with Gasteiger partial charge in [0.05, 0.1) is 0 Å². The zero-order valence-electron chi connectivity index (χ0n) is 15.4. The van der Waals surface area contributed by atoms with Crippen LogP contribution in [0.1, 0.15) is 20.7 Å². The number of carbonyl (C=O) groups is 2. The molecule has 0 radical (unpaired) electrons. The summed E-state index contributed by atoms with van der Waals surface area (Å²) in [6, 6.07) is 27.5. The van der Waals surface area contributed by atoms with Crippen molar-refractivity contribution in [2.75, 3.05) is 10.6 Å². The molecule has 0 aromatic heterocycles. The first-order valence-corrected chi connectivity index (χ1v) is 9.86.